The lowest BCUT2D eigenvalue weighted by Gasteiger charge is -2.19. The lowest BCUT2D eigenvalue weighted by atomic mass is 10.2. The Bertz CT molecular complexity index is 1560. The van der Waals surface area contributed by atoms with E-state index in [0.29, 0.717) is 22.6 Å². The molecule has 10 nitrogen and oxygen atoms in total. The first kappa shape index (κ1) is 26.1. The van der Waals surface area contributed by atoms with E-state index in [1.165, 1.54) is 30.6 Å². The van der Waals surface area contributed by atoms with Gasteiger partial charge in [0.15, 0.2) is 0 Å². The highest BCUT2D eigenvalue weighted by Crippen LogP contribution is 2.32. The van der Waals surface area contributed by atoms with Gasteiger partial charge in [-0.2, -0.15) is 13.2 Å². The Morgan fingerprint density at radius 2 is 1.54 bits per heavy atom. The van der Waals surface area contributed by atoms with Gasteiger partial charge in [0.25, 0.3) is 25.8 Å². The number of rotatable bonds is 7. The maximum absolute atomic E-state index is 13.0. The summed E-state index contributed by atoms with van der Waals surface area (Å²) >= 11 is 0. The summed E-state index contributed by atoms with van der Waals surface area (Å²) in [6.07, 6.45) is 2.62. The summed E-state index contributed by atoms with van der Waals surface area (Å²) in [7, 11) is -9.57. The van der Waals surface area contributed by atoms with Crippen LogP contribution in [0.2, 0.25) is 0 Å². The number of benzene rings is 2. The fraction of sp³-hybridized carbons (Fsp3) is 0.136. The van der Waals surface area contributed by atoms with E-state index in [1.54, 1.807) is 18.2 Å². The number of anilines is 2. The molecule has 1 aromatic heterocycles. The van der Waals surface area contributed by atoms with Gasteiger partial charge in [0.1, 0.15) is 6.54 Å². The van der Waals surface area contributed by atoms with E-state index in [1.807, 2.05) is 0 Å². The molecule has 0 unspecified atom stereocenters. The molecule has 3 aromatic rings. The first-order valence-electron chi connectivity index (χ1n) is 10.4. The molecule has 4 rings (SSSR count). The highest BCUT2D eigenvalue weighted by Gasteiger charge is 2.47. The van der Waals surface area contributed by atoms with Crippen LogP contribution in [0.25, 0.3) is 0 Å². The Hall–Kier alpha value is -3.98. The number of hydrogen-bond acceptors (Lipinski definition) is 7. The van der Waals surface area contributed by atoms with Gasteiger partial charge in [-0.15, -0.1) is 0 Å². The van der Waals surface area contributed by atoms with Crippen LogP contribution in [0.3, 0.4) is 0 Å². The standard InChI is InChI=1S/C22H17F3N4O6S2/c23-22(24,25)36(32,33)17-8-6-16(7-9-17)29-20(30)14-28(21(29)31)13-15-10-11-26-12-19(15)27-37(34,35)18-4-2-1-3-5-18/h1-12,27H,13-14H2. The average Bonchev–Trinajstić information content (AvgIpc) is 3.12. The fourth-order valence-corrected chi connectivity index (χ4v) is 5.37. The van der Waals surface area contributed by atoms with E-state index in [2.05, 4.69) is 9.71 Å². The minimum absolute atomic E-state index is 0.000566. The number of urea groups is 1. The first-order chi connectivity index (χ1) is 17.3. The number of nitrogens with one attached hydrogen (secondary N) is 1. The highest BCUT2D eigenvalue weighted by molar-refractivity contribution is 7.92. The maximum Gasteiger partial charge on any atom is 0.501 e. The molecule has 0 spiro atoms. The number of alkyl halides is 3. The average molecular weight is 555 g/mol. The summed E-state index contributed by atoms with van der Waals surface area (Å²) in [6.45, 7) is -0.606. The van der Waals surface area contributed by atoms with Crippen molar-refractivity contribution in [3.63, 3.8) is 0 Å². The van der Waals surface area contributed by atoms with Crippen LogP contribution in [0, 0.1) is 0 Å². The number of amides is 3. The topological polar surface area (TPSA) is 134 Å². The summed E-state index contributed by atoms with van der Waals surface area (Å²) in [4.78, 5) is 30.2. The lowest BCUT2D eigenvalue weighted by Crippen LogP contribution is -2.33. The van der Waals surface area contributed by atoms with E-state index in [4.69, 9.17) is 0 Å². The van der Waals surface area contributed by atoms with Crippen LogP contribution < -0.4 is 9.62 Å². The van der Waals surface area contributed by atoms with Crippen LogP contribution in [-0.4, -0.2) is 50.7 Å². The third-order valence-electron chi connectivity index (χ3n) is 5.32. The minimum atomic E-state index is -5.60. The van der Waals surface area contributed by atoms with Crippen molar-refractivity contribution in [2.24, 2.45) is 0 Å². The number of nitrogens with zero attached hydrogens (tertiary/aromatic N) is 3. The molecule has 0 bridgehead atoms. The van der Waals surface area contributed by atoms with Gasteiger partial charge in [-0.25, -0.2) is 26.5 Å². The zero-order valence-corrected chi connectivity index (χ0v) is 20.2. The molecule has 2 aromatic carbocycles. The van der Waals surface area contributed by atoms with Crippen molar-refractivity contribution in [3.05, 3.63) is 78.6 Å². The van der Waals surface area contributed by atoms with Gasteiger partial charge in [0, 0.05) is 6.20 Å². The van der Waals surface area contributed by atoms with Crippen LogP contribution in [0.5, 0.6) is 0 Å². The van der Waals surface area contributed by atoms with Crippen LogP contribution in [0.4, 0.5) is 29.3 Å². The van der Waals surface area contributed by atoms with Gasteiger partial charge in [0.2, 0.25) is 0 Å². The summed E-state index contributed by atoms with van der Waals surface area (Å²) in [6, 6.07) is 11.3. The van der Waals surface area contributed by atoms with Crippen molar-refractivity contribution in [3.8, 4) is 0 Å². The van der Waals surface area contributed by atoms with Crippen molar-refractivity contribution in [1.29, 1.82) is 0 Å². The van der Waals surface area contributed by atoms with Crippen molar-refractivity contribution in [2.45, 2.75) is 21.8 Å². The Kier molecular flexibility index (Phi) is 6.68. The molecule has 0 atom stereocenters. The van der Waals surface area contributed by atoms with Gasteiger partial charge < -0.3 is 4.90 Å². The smallest absolute Gasteiger partial charge is 0.310 e. The van der Waals surface area contributed by atoms with Crippen LogP contribution in [-0.2, 0) is 31.2 Å². The Balaban J connectivity index is 1.55. The molecular weight excluding hydrogens is 537 g/mol. The second-order valence-electron chi connectivity index (χ2n) is 7.76. The van der Waals surface area contributed by atoms with E-state index >= 15 is 0 Å². The largest absolute Gasteiger partial charge is 0.501 e. The molecule has 0 radical (unpaired) electrons. The van der Waals surface area contributed by atoms with Gasteiger partial charge in [0.05, 0.1) is 33.9 Å². The molecular formula is C22H17F3N4O6S2. The summed E-state index contributed by atoms with van der Waals surface area (Å²) < 4.78 is 89.3. The van der Waals surface area contributed by atoms with E-state index in [0.717, 1.165) is 17.0 Å². The highest BCUT2D eigenvalue weighted by atomic mass is 32.2. The molecule has 1 aliphatic rings. The third-order valence-corrected chi connectivity index (χ3v) is 8.20. The molecule has 37 heavy (non-hydrogen) atoms. The fourth-order valence-electron chi connectivity index (χ4n) is 3.50. The Morgan fingerprint density at radius 1 is 0.892 bits per heavy atom. The predicted octanol–water partition coefficient (Wildman–Crippen LogP) is 3.14. The quantitative estimate of drug-likeness (QED) is 0.444. The first-order valence-corrected chi connectivity index (χ1v) is 13.3. The number of imide groups is 1. The van der Waals surface area contributed by atoms with Gasteiger partial charge >= 0.3 is 11.5 Å². The van der Waals surface area contributed by atoms with Crippen LogP contribution >= 0.6 is 0 Å². The summed E-state index contributed by atoms with van der Waals surface area (Å²) in [5, 5.41) is 0. The number of hydrogen-bond donors (Lipinski definition) is 1. The molecule has 15 heteroatoms. The van der Waals surface area contributed by atoms with E-state index in [-0.39, 0.29) is 22.8 Å². The molecule has 2 heterocycles. The molecule has 0 saturated carbocycles. The molecule has 1 saturated heterocycles. The SMILES string of the molecule is O=C1CN(Cc2ccncc2NS(=O)(=O)c2ccccc2)C(=O)N1c1ccc(S(=O)(=O)C(F)(F)F)cc1. The second kappa shape index (κ2) is 9.48. The molecule has 1 aliphatic heterocycles. The van der Waals surface area contributed by atoms with Gasteiger partial charge in [-0.1, -0.05) is 18.2 Å². The summed E-state index contributed by atoms with van der Waals surface area (Å²) in [5.74, 6) is -0.711. The van der Waals surface area contributed by atoms with Crippen molar-refractivity contribution >= 4 is 43.2 Å². The van der Waals surface area contributed by atoms with E-state index < -0.39 is 48.7 Å². The minimum Gasteiger partial charge on any atom is -0.310 e. The number of sulfonamides is 1. The zero-order chi connectivity index (χ0) is 27.0. The monoisotopic (exact) mass is 554 g/mol. The molecule has 194 valence electrons. The number of carbonyl (C=O) groups is 2. The van der Waals surface area contributed by atoms with Crippen molar-refractivity contribution in [2.75, 3.05) is 16.2 Å². The number of halogens is 3. The Labute approximate surface area is 209 Å². The van der Waals surface area contributed by atoms with Crippen LogP contribution in [0.15, 0.2) is 82.8 Å². The second-order valence-corrected chi connectivity index (χ2v) is 11.4. The maximum atomic E-state index is 13.0. The zero-order valence-electron chi connectivity index (χ0n) is 18.6. The number of aromatic nitrogens is 1. The number of carbonyl (C=O) groups excluding carboxylic acids is 2. The molecule has 0 aliphatic carbocycles. The lowest BCUT2D eigenvalue weighted by molar-refractivity contribution is -0.116. The number of pyridine rings is 1. The molecule has 3 amide bonds. The predicted molar refractivity (Wildman–Crippen MR) is 124 cm³/mol. The van der Waals surface area contributed by atoms with Crippen molar-refractivity contribution in [1.82, 2.24) is 9.88 Å². The third kappa shape index (κ3) is 5.13. The molecule has 1 fully saturated rings. The van der Waals surface area contributed by atoms with Crippen molar-refractivity contribution < 1.29 is 39.6 Å². The number of sulfone groups is 1. The Morgan fingerprint density at radius 3 is 2.16 bits per heavy atom. The van der Waals surface area contributed by atoms with Crippen LogP contribution in [0.1, 0.15) is 5.56 Å². The van der Waals surface area contributed by atoms with E-state index in [9.17, 15) is 39.6 Å². The normalized spacial score (nSPS) is 14.8. The van der Waals surface area contributed by atoms with Gasteiger partial charge in [-0.05, 0) is 48.0 Å². The molecule has 1 N–H and O–H groups in total. The van der Waals surface area contributed by atoms with Gasteiger partial charge in [-0.3, -0.25) is 14.5 Å². The summed E-state index contributed by atoms with van der Waals surface area (Å²) in [5.41, 5.74) is -5.23.